The molecule has 2 fully saturated rings. The van der Waals surface area contributed by atoms with Crippen molar-refractivity contribution in [1.29, 1.82) is 0 Å². The maximum absolute atomic E-state index is 11.3. The third kappa shape index (κ3) is 3.60. The van der Waals surface area contributed by atoms with Gasteiger partial charge in [-0.05, 0) is 57.7 Å². The van der Waals surface area contributed by atoms with Crippen LogP contribution < -0.4 is 0 Å². The molecule has 0 aromatic carbocycles. The number of nitrogens with zero attached hydrogens (tertiary/aromatic N) is 2. The summed E-state index contributed by atoms with van der Waals surface area (Å²) in [7, 11) is 1.46. The highest BCUT2D eigenvalue weighted by Crippen LogP contribution is 2.22. The van der Waals surface area contributed by atoms with Crippen LogP contribution in [-0.4, -0.2) is 55.7 Å². The Labute approximate surface area is 104 Å². The van der Waals surface area contributed by atoms with Crippen LogP contribution in [0.3, 0.4) is 0 Å². The topological polar surface area (TPSA) is 32.8 Å². The van der Waals surface area contributed by atoms with E-state index in [1.165, 1.54) is 46.0 Å². The molecule has 0 aromatic rings. The summed E-state index contributed by atoms with van der Waals surface area (Å²) in [5.74, 6) is 0.802. The molecule has 2 aliphatic heterocycles. The van der Waals surface area contributed by atoms with E-state index >= 15 is 0 Å². The Bertz CT molecular complexity index is 244. The Balaban J connectivity index is 1.63. The Kier molecular flexibility index (Phi) is 4.66. The molecule has 98 valence electrons. The summed E-state index contributed by atoms with van der Waals surface area (Å²) in [6.07, 6.45) is 6.17. The molecule has 0 radical (unpaired) electrons. The van der Waals surface area contributed by atoms with Gasteiger partial charge in [0.2, 0.25) is 0 Å². The average molecular weight is 240 g/mol. The molecule has 17 heavy (non-hydrogen) atoms. The second-order valence-corrected chi connectivity index (χ2v) is 5.24. The van der Waals surface area contributed by atoms with Crippen molar-refractivity contribution in [1.82, 2.24) is 9.80 Å². The number of carbonyl (C=O) groups excluding carboxylic acids is 1. The summed E-state index contributed by atoms with van der Waals surface area (Å²) in [5.41, 5.74) is 0. The molecule has 2 aliphatic rings. The van der Waals surface area contributed by atoms with Crippen LogP contribution in [0.25, 0.3) is 0 Å². The van der Waals surface area contributed by atoms with Crippen LogP contribution in [0.15, 0.2) is 0 Å². The van der Waals surface area contributed by atoms with E-state index in [0.717, 1.165) is 31.8 Å². The van der Waals surface area contributed by atoms with Crippen molar-refractivity contribution >= 4 is 6.09 Å². The molecule has 4 nitrogen and oxygen atoms in total. The number of likely N-dealkylation sites (tertiary alicyclic amines) is 2. The van der Waals surface area contributed by atoms with Crippen molar-refractivity contribution in [2.75, 3.05) is 39.8 Å². The van der Waals surface area contributed by atoms with Gasteiger partial charge in [-0.15, -0.1) is 0 Å². The summed E-state index contributed by atoms with van der Waals surface area (Å²) >= 11 is 0. The lowest BCUT2D eigenvalue weighted by Gasteiger charge is -2.31. The van der Waals surface area contributed by atoms with E-state index in [2.05, 4.69) is 4.90 Å². The van der Waals surface area contributed by atoms with Crippen molar-refractivity contribution in [2.45, 2.75) is 32.1 Å². The second kappa shape index (κ2) is 6.24. The second-order valence-electron chi connectivity index (χ2n) is 5.24. The smallest absolute Gasteiger partial charge is 0.409 e. The molecule has 0 aromatic heterocycles. The number of amides is 1. The van der Waals surface area contributed by atoms with Gasteiger partial charge in [-0.3, -0.25) is 0 Å². The molecule has 4 heteroatoms. The number of piperidine rings is 1. The largest absolute Gasteiger partial charge is 0.453 e. The SMILES string of the molecule is COC(=O)N1CCC(CCN2CCCC2)CC1. The van der Waals surface area contributed by atoms with E-state index < -0.39 is 0 Å². The Morgan fingerprint density at radius 1 is 1.18 bits per heavy atom. The normalized spacial score (nSPS) is 23.0. The zero-order valence-electron chi connectivity index (χ0n) is 10.9. The molecule has 0 aliphatic carbocycles. The molecule has 0 unspecified atom stereocenters. The first-order chi connectivity index (χ1) is 8.29. The molecule has 0 saturated carbocycles. The fourth-order valence-corrected chi connectivity index (χ4v) is 2.90. The molecule has 0 atom stereocenters. The lowest BCUT2D eigenvalue weighted by atomic mass is 9.93. The standard InChI is InChI=1S/C13H24N2O2/c1-17-13(16)15-10-5-12(6-11-15)4-9-14-7-2-3-8-14/h12H,2-11H2,1H3. The number of rotatable bonds is 3. The van der Waals surface area contributed by atoms with E-state index in [1.54, 1.807) is 0 Å². The van der Waals surface area contributed by atoms with Gasteiger partial charge >= 0.3 is 6.09 Å². The fourth-order valence-electron chi connectivity index (χ4n) is 2.90. The highest BCUT2D eigenvalue weighted by molar-refractivity contribution is 5.67. The van der Waals surface area contributed by atoms with Crippen LogP contribution in [0.1, 0.15) is 32.1 Å². The summed E-state index contributed by atoms with van der Waals surface area (Å²) in [5, 5.41) is 0. The Morgan fingerprint density at radius 2 is 1.82 bits per heavy atom. The number of carbonyl (C=O) groups is 1. The zero-order chi connectivity index (χ0) is 12.1. The van der Waals surface area contributed by atoms with Crippen LogP contribution in [0.4, 0.5) is 4.79 Å². The van der Waals surface area contributed by atoms with Gasteiger partial charge in [-0.2, -0.15) is 0 Å². The van der Waals surface area contributed by atoms with Gasteiger partial charge in [0, 0.05) is 13.1 Å². The Hall–Kier alpha value is -0.770. The van der Waals surface area contributed by atoms with Crippen molar-refractivity contribution in [2.24, 2.45) is 5.92 Å². The Morgan fingerprint density at radius 3 is 2.41 bits per heavy atom. The molecule has 2 saturated heterocycles. The average Bonchev–Trinajstić information content (AvgIpc) is 2.89. The van der Waals surface area contributed by atoms with Crippen molar-refractivity contribution in [3.05, 3.63) is 0 Å². The van der Waals surface area contributed by atoms with E-state index in [9.17, 15) is 4.79 Å². The molecule has 0 N–H and O–H groups in total. The van der Waals surface area contributed by atoms with Crippen LogP contribution in [0.5, 0.6) is 0 Å². The first-order valence-electron chi connectivity index (χ1n) is 6.85. The fraction of sp³-hybridized carbons (Fsp3) is 0.923. The quantitative estimate of drug-likeness (QED) is 0.756. The maximum Gasteiger partial charge on any atom is 0.409 e. The minimum atomic E-state index is -0.164. The number of hydrogen-bond donors (Lipinski definition) is 0. The van der Waals surface area contributed by atoms with Gasteiger partial charge in [-0.25, -0.2) is 4.79 Å². The van der Waals surface area contributed by atoms with Gasteiger partial charge < -0.3 is 14.5 Å². The number of ether oxygens (including phenoxy) is 1. The first-order valence-corrected chi connectivity index (χ1v) is 6.85. The monoisotopic (exact) mass is 240 g/mol. The van der Waals surface area contributed by atoms with Gasteiger partial charge in [-0.1, -0.05) is 0 Å². The molecule has 2 heterocycles. The van der Waals surface area contributed by atoms with E-state index in [4.69, 9.17) is 4.74 Å². The van der Waals surface area contributed by atoms with Crippen LogP contribution >= 0.6 is 0 Å². The third-order valence-electron chi connectivity index (χ3n) is 4.10. The summed E-state index contributed by atoms with van der Waals surface area (Å²) in [4.78, 5) is 15.7. The summed E-state index contributed by atoms with van der Waals surface area (Å²) in [6.45, 7) is 5.58. The van der Waals surface area contributed by atoms with E-state index in [-0.39, 0.29) is 6.09 Å². The van der Waals surface area contributed by atoms with E-state index in [1.807, 2.05) is 4.90 Å². The molecular weight excluding hydrogens is 216 g/mol. The zero-order valence-corrected chi connectivity index (χ0v) is 10.9. The summed E-state index contributed by atoms with van der Waals surface area (Å²) in [6, 6.07) is 0. The molecule has 2 rings (SSSR count). The van der Waals surface area contributed by atoms with Crippen molar-refractivity contribution in [3.8, 4) is 0 Å². The van der Waals surface area contributed by atoms with Crippen LogP contribution in [0, 0.1) is 5.92 Å². The van der Waals surface area contributed by atoms with Crippen LogP contribution in [-0.2, 0) is 4.74 Å². The highest BCUT2D eigenvalue weighted by Gasteiger charge is 2.23. The number of hydrogen-bond acceptors (Lipinski definition) is 3. The molecular formula is C13H24N2O2. The lowest BCUT2D eigenvalue weighted by molar-refractivity contribution is 0.103. The first kappa shape index (κ1) is 12.7. The number of methoxy groups -OCH3 is 1. The van der Waals surface area contributed by atoms with Crippen LogP contribution in [0.2, 0.25) is 0 Å². The molecule has 0 spiro atoms. The van der Waals surface area contributed by atoms with Gasteiger partial charge in [0.1, 0.15) is 0 Å². The van der Waals surface area contributed by atoms with Gasteiger partial charge in [0.05, 0.1) is 7.11 Å². The minimum absolute atomic E-state index is 0.164. The lowest BCUT2D eigenvalue weighted by Crippen LogP contribution is -2.39. The highest BCUT2D eigenvalue weighted by atomic mass is 16.5. The predicted octanol–water partition coefficient (Wildman–Crippen LogP) is 1.95. The summed E-state index contributed by atoms with van der Waals surface area (Å²) < 4.78 is 4.74. The third-order valence-corrected chi connectivity index (χ3v) is 4.10. The minimum Gasteiger partial charge on any atom is -0.453 e. The molecule has 0 bridgehead atoms. The van der Waals surface area contributed by atoms with Crippen molar-refractivity contribution < 1.29 is 9.53 Å². The molecule has 1 amide bonds. The maximum atomic E-state index is 11.3. The van der Waals surface area contributed by atoms with Crippen molar-refractivity contribution in [3.63, 3.8) is 0 Å². The van der Waals surface area contributed by atoms with Gasteiger partial charge in [0.25, 0.3) is 0 Å². The van der Waals surface area contributed by atoms with Gasteiger partial charge in [0.15, 0.2) is 0 Å². The van der Waals surface area contributed by atoms with E-state index in [0.29, 0.717) is 0 Å². The predicted molar refractivity (Wildman–Crippen MR) is 67.0 cm³/mol.